The smallest absolute Gasteiger partial charge is 0.135 e. The number of halogens is 3. The second-order valence-electron chi connectivity index (χ2n) is 10.9. The number of para-hydroxylation sites is 1. The molecule has 1 saturated heterocycles. The first kappa shape index (κ1) is 23.9. The molecule has 3 heterocycles. The summed E-state index contributed by atoms with van der Waals surface area (Å²) in [4.78, 5) is 7.91. The molecule has 2 fully saturated rings. The van der Waals surface area contributed by atoms with Crippen LogP contribution in [0.3, 0.4) is 0 Å². The number of ether oxygens (including phenoxy) is 1. The molecule has 6 rings (SSSR count). The Morgan fingerprint density at radius 3 is 2.50 bits per heavy atom. The number of hydrogen-bond donors (Lipinski definition) is 1. The van der Waals surface area contributed by atoms with Crippen LogP contribution in [0.5, 0.6) is 5.75 Å². The van der Waals surface area contributed by atoms with Gasteiger partial charge in [-0.1, -0.05) is 24.6 Å². The van der Waals surface area contributed by atoms with Crippen LogP contribution in [0, 0.1) is 23.5 Å². The molecule has 0 amide bonds. The van der Waals surface area contributed by atoms with Crippen LogP contribution in [-0.4, -0.2) is 60.3 Å². The van der Waals surface area contributed by atoms with E-state index in [-0.39, 0.29) is 29.9 Å². The molecule has 2 aromatic carbocycles. The van der Waals surface area contributed by atoms with Gasteiger partial charge in [0.05, 0.1) is 12.7 Å². The largest absolute Gasteiger partial charge is 0.492 e. The van der Waals surface area contributed by atoms with Gasteiger partial charge in [-0.3, -0.25) is 14.2 Å². The maximum absolute atomic E-state index is 15.7. The third-order valence-electron chi connectivity index (χ3n) is 8.46. The predicted molar refractivity (Wildman–Crippen MR) is 135 cm³/mol. The Morgan fingerprint density at radius 1 is 1.06 bits per heavy atom. The number of rotatable bonds is 8. The summed E-state index contributed by atoms with van der Waals surface area (Å²) in [6.07, 6.45) is 4.44. The Morgan fingerprint density at radius 2 is 1.81 bits per heavy atom. The molecule has 1 aliphatic carbocycles. The number of nitrogens with one attached hydrogen (secondary N) is 1. The first-order chi connectivity index (χ1) is 17.5. The molecule has 36 heavy (non-hydrogen) atoms. The number of likely N-dealkylation sites (tertiary alicyclic amines) is 1. The van der Waals surface area contributed by atoms with Crippen LogP contribution in [0.4, 0.5) is 13.2 Å². The fourth-order valence-electron chi connectivity index (χ4n) is 6.23. The van der Waals surface area contributed by atoms with Crippen LogP contribution >= 0.6 is 0 Å². The fraction of sp³-hybridized carbons (Fsp3) is 0.517. The number of nitrogens with zero attached hydrogens (tertiary/aromatic N) is 2. The van der Waals surface area contributed by atoms with Crippen molar-refractivity contribution in [3.05, 3.63) is 64.9 Å². The molecule has 0 radical (unpaired) electrons. The Balaban J connectivity index is 1.30. The topological polar surface area (TPSA) is 31.5 Å². The van der Waals surface area contributed by atoms with Gasteiger partial charge < -0.3 is 9.72 Å². The zero-order chi connectivity index (χ0) is 24.8. The summed E-state index contributed by atoms with van der Waals surface area (Å²) < 4.78 is 49.8. The van der Waals surface area contributed by atoms with E-state index in [0.717, 1.165) is 35.1 Å². The summed E-state index contributed by atoms with van der Waals surface area (Å²) in [5.74, 6) is -0.271. The molecular weight excluding hydrogens is 463 g/mol. The minimum Gasteiger partial charge on any atom is -0.492 e. The van der Waals surface area contributed by atoms with Crippen LogP contribution in [-0.2, 0) is 6.42 Å². The van der Waals surface area contributed by atoms with E-state index >= 15 is 8.78 Å². The maximum atomic E-state index is 15.7. The number of hydrogen-bond acceptors (Lipinski definition) is 3. The summed E-state index contributed by atoms with van der Waals surface area (Å²) in [7, 11) is 0. The van der Waals surface area contributed by atoms with E-state index in [1.165, 1.54) is 31.4 Å². The molecule has 1 N–H and O–H groups in total. The molecule has 7 heteroatoms. The lowest BCUT2D eigenvalue weighted by Gasteiger charge is -2.44. The van der Waals surface area contributed by atoms with Crippen LogP contribution in [0.25, 0.3) is 10.9 Å². The minimum atomic E-state index is -0.575. The number of benzene rings is 2. The lowest BCUT2D eigenvalue weighted by atomic mass is 9.82. The second-order valence-corrected chi connectivity index (χ2v) is 10.9. The lowest BCUT2D eigenvalue weighted by Crippen LogP contribution is -2.49. The average molecular weight is 498 g/mol. The monoisotopic (exact) mass is 497 g/mol. The molecule has 0 spiro atoms. The van der Waals surface area contributed by atoms with Crippen LogP contribution in [0.15, 0.2) is 36.4 Å². The standard InChI is InChI=1S/C29H34F3N3O/c1-18-11-23-22-7-2-3-8-26(22)33-28(23)29(35(18)17-19-5-4-6-19)27-24(31)12-21(13-25(27)32)36-10-9-34-15-20(14-30)16-34/h2-3,7-8,12-13,18-20,29,33H,4-6,9-11,14-17H2,1H3/t18-,29-/m1/s1. The highest BCUT2D eigenvalue weighted by Gasteiger charge is 2.40. The lowest BCUT2D eigenvalue weighted by molar-refractivity contribution is 0.0667. The number of aromatic nitrogens is 1. The van der Waals surface area contributed by atoms with Gasteiger partial charge in [-0.2, -0.15) is 0 Å². The Bertz CT molecular complexity index is 1210. The molecule has 4 nitrogen and oxygen atoms in total. The van der Waals surface area contributed by atoms with E-state index in [9.17, 15) is 4.39 Å². The van der Waals surface area contributed by atoms with Crippen molar-refractivity contribution in [2.75, 3.05) is 39.5 Å². The highest BCUT2D eigenvalue weighted by atomic mass is 19.1. The van der Waals surface area contributed by atoms with Crippen molar-refractivity contribution in [3.8, 4) is 5.75 Å². The molecule has 2 aliphatic heterocycles. The van der Waals surface area contributed by atoms with Crippen molar-refractivity contribution >= 4 is 10.9 Å². The van der Waals surface area contributed by atoms with Gasteiger partial charge in [0.15, 0.2) is 0 Å². The molecule has 3 aliphatic rings. The Hall–Kier alpha value is -2.51. The van der Waals surface area contributed by atoms with Gasteiger partial charge in [0.25, 0.3) is 0 Å². The van der Waals surface area contributed by atoms with Crippen LogP contribution < -0.4 is 4.74 Å². The number of H-pyrrole nitrogens is 1. The Labute approximate surface area is 210 Å². The van der Waals surface area contributed by atoms with Crippen LogP contribution in [0.1, 0.15) is 49.0 Å². The minimum absolute atomic E-state index is 0.0922. The fourth-order valence-corrected chi connectivity index (χ4v) is 6.23. The summed E-state index contributed by atoms with van der Waals surface area (Å²) in [5, 5.41) is 1.13. The number of alkyl halides is 1. The van der Waals surface area contributed by atoms with Gasteiger partial charge >= 0.3 is 0 Å². The Kier molecular flexibility index (Phi) is 6.46. The first-order valence-corrected chi connectivity index (χ1v) is 13.3. The highest BCUT2D eigenvalue weighted by Crippen LogP contribution is 2.44. The predicted octanol–water partition coefficient (Wildman–Crippen LogP) is 5.86. The van der Waals surface area contributed by atoms with Crippen molar-refractivity contribution in [2.24, 2.45) is 11.8 Å². The van der Waals surface area contributed by atoms with E-state index in [4.69, 9.17) is 4.74 Å². The second kappa shape index (κ2) is 9.75. The van der Waals surface area contributed by atoms with Crippen molar-refractivity contribution in [1.82, 2.24) is 14.8 Å². The first-order valence-electron chi connectivity index (χ1n) is 13.3. The molecule has 2 atom stereocenters. The van der Waals surface area contributed by atoms with Gasteiger partial charge in [-0.05, 0) is 43.7 Å². The summed E-state index contributed by atoms with van der Waals surface area (Å²) in [6.45, 7) is 5.08. The molecule has 1 saturated carbocycles. The van der Waals surface area contributed by atoms with Crippen molar-refractivity contribution in [2.45, 2.75) is 44.7 Å². The van der Waals surface area contributed by atoms with Crippen molar-refractivity contribution in [1.29, 1.82) is 0 Å². The summed E-state index contributed by atoms with van der Waals surface area (Å²) in [5.41, 5.74) is 3.16. The quantitative estimate of drug-likeness (QED) is 0.423. The molecular formula is C29H34F3N3O. The van der Waals surface area contributed by atoms with Gasteiger partial charge in [0.1, 0.15) is 24.0 Å². The van der Waals surface area contributed by atoms with E-state index in [0.29, 0.717) is 32.2 Å². The van der Waals surface area contributed by atoms with E-state index < -0.39 is 17.7 Å². The van der Waals surface area contributed by atoms with Crippen LogP contribution in [0.2, 0.25) is 0 Å². The van der Waals surface area contributed by atoms with Gasteiger partial charge in [0.2, 0.25) is 0 Å². The molecule has 1 aromatic heterocycles. The molecule has 192 valence electrons. The maximum Gasteiger partial charge on any atom is 0.135 e. The molecule has 0 bridgehead atoms. The van der Waals surface area contributed by atoms with Gasteiger partial charge in [-0.25, -0.2) is 8.78 Å². The zero-order valence-electron chi connectivity index (χ0n) is 20.8. The number of aromatic amines is 1. The summed E-state index contributed by atoms with van der Waals surface area (Å²) in [6, 6.07) is 10.4. The zero-order valence-corrected chi connectivity index (χ0v) is 20.8. The van der Waals surface area contributed by atoms with Gasteiger partial charge in [0, 0.05) is 72.4 Å². The normalized spacial score (nSPS) is 23.4. The van der Waals surface area contributed by atoms with Crippen molar-refractivity contribution in [3.63, 3.8) is 0 Å². The van der Waals surface area contributed by atoms with Crippen molar-refractivity contribution < 1.29 is 17.9 Å². The third kappa shape index (κ3) is 4.30. The summed E-state index contributed by atoms with van der Waals surface area (Å²) >= 11 is 0. The van der Waals surface area contributed by atoms with E-state index in [1.807, 2.05) is 18.2 Å². The van der Waals surface area contributed by atoms with E-state index in [1.54, 1.807) is 0 Å². The average Bonchev–Trinajstić information content (AvgIpc) is 3.16. The van der Waals surface area contributed by atoms with Gasteiger partial charge in [-0.15, -0.1) is 0 Å². The highest BCUT2D eigenvalue weighted by molar-refractivity contribution is 5.85. The number of fused-ring (bicyclic) bond motifs is 3. The SMILES string of the molecule is C[C@@H]1Cc2c([nH]c3ccccc23)[C@@H](c2c(F)cc(OCCN3CC(CF)C3)cc2F)N1CC1CCC1. The van der Waals surface area contributed by atoms with E-state index in [2.05, 4.69) is 27.8 Å². The molecule has 3 aromatic rings. The third-order valence-corrected chi connectivity index (χ3v) is 8.46. The molecule has 0 unspecified atom stereocenters.